The molecule has 3 amide bonds. The topological polar surface area (TPSA) is 82.6 Å². The molecule has 0 spiro atoms. The summed E-state index contributed by atoms with van der Waals surface area (Å²) in [5, 5.41) is 0. The first-order valence-corrected chi connectivity index (χ1v) is 14.4. The van der Waals surface area contributed by atoms with Crippen LogP contribution in [0.15, 0.2) is 36.4 Å². The third-order valence-corrected chi connectivity index (χ3v) is 8.08. The Hall–Kier alpha value is -3.43. The van der Waals surface area contributed by atoms with Crippen molar-refractivity contribution in [3.8, 4) is 5.75 Å². The van der Waals surface area contributed by atoms with E-state index in [2.05, 4.69) is 23.1 Å². The van der Waals surface area contributed by atoms with E-state index >= 15 is 0 Å². The molecule has 0 aliphatic carbocycles. The molecule has 0 unspecified atom stereocenters. The van der Waals surface area contributed by atoms with Crippen LogP contribution in [0.2, 0.25) is 0 Å². The number of morpholine rings is 1. The Morgan fingerprint density at radius 3 is 2.40 bits per heavy atom. The molecule has 5 rings (SSSR count). The van der Waals surface area contributed by atoms with Gasteiger partial charge in [-0.25, -0.2) is 0 Å². The fourth-order valence-electron chi connectivity index (χ4n) is 5.71. The van der Waals surface area contributed by atoms with E-state index in [1.807, 2.05) is 9.80 Å². The first-order valence-electron chi connectivity index (χ1n) is 14.4. The number of ether oxygens (including phenoxy) is 2. The van der Waals surface area contributed by atoms with Gasteiger partial charge in [0.1, 0.15) is 5.75 Å². The van der Waals surface area contributed by atoms with Crippen molar-refractivity contribution >= 4 is 29.1 Å². The van der Waals surface area contributed by atoms with Crippen molar-refractivity contribution in [1.29, 1.82) is 0 Å². The molecule has 3 aliphatic rings. The Morgan fingerprint density at radius 2 is 1.62 bits per heavy atom. The highest BCUT2D eigenvalue weighted by Gasteiger charge is 2.26. The van der Waals surface area contributed by atoms with Gasteiger partial charge in [0.2, 0.25) is 5.91 Å². The predicted molar refractivity (Wildman–Crippen MR) is 154 cm³/mol. The minimum atomic E-state index is -0.144. The van der Waals surface area contributed by atoms with Crippen molar-refractivity contribution < 1.29 is 23.9 Å². The smallest absolute Gasteiger partial charge is 0.264 e. The quantitative estimate of drug-likeness (QED) is 0.580. The maximum absolute atomic E-state index is 13.9. The second-order valence-electron chi connectivity index (χ2n) is 10.9. The highest BCUT2D eigenvalue weighted by atomic mass is 16.5. The number of benzene rings is 2. The number of rotatable bonds is 3. The van der Waals surface area contributed by atoms with E-state index in [0.717, 1.165) is 81.8 Å². The summed E-state index contributed by atoms with van der Waals surface area (Å²) in [4.78, 5) is 46.7. The standard InChI is InChI=1S/C31H40N4O5/c1-23(36)35-13-7-5-3-4-6-12-34(31(38)25-10-11-29-28(19-25)32(2)30(37)22-40-29)21-26-9-8-24(18-27(26)35)20-33-14-16-39-17-15-33/h8-11,18-19H,3-7,12-17,20-22H2,1-2H3. The van der Waals surface area contributed by atoms with Gasteiger partial charge in [0.25, 0.3) is 11.8 Å². The van der Waals surface area contributed by atoms with Crippen molar-refractivity contribution in [2.75, 3.05) is 62.8 Å². The molecule has 1 saturated heterocycles. The molecule has 214 valence electrons. The first-order chi connectivity index (χ1) is 19.4. The summed E-state index contributed by atoms with van der Waals surface area (Å²) in [7, 11) is 1.70. The van der Waals surface area contributed by atoms with Crippen LogP contribution in [-0.4, -0.2) is 80.6 Å². The molecule has 0 radical (unpaired) electrons. The summed E-state index contributed by atoms with van der Waals surface area (Å²) < 4.78 is 11.1. The van der Waals surface area contributed by atoms with Crippen LogP contribution in [0.1, 0.15) is 60.5 Å². The van der Waals surface area contributed by atoms with Gasteiger partial charge < -0.3 is 24.2 Å². The van der Waals surface area contributed by atoms with Crippen LogP contribution in [0, 0.1) is 0 Å². The summed E-state index contributed by atoms with van der Waals surface area (Å²) in [6.45, 7) is 7.37. The maximum atomic E-state index is 13.9. The molecule has 0 bridgehead atoms. The Kier molecular flexibility index (Phi) is 9.01. The zero-order valence-corrected chi connectivity index (χ0v) is 23.7. The molecule has 40 heavy (non-hydrogen) atoms. The Bertz CT molecular complexity index is 1240. The molecular formula is C31H40N4O5. The van der Waals surface area contributed by atoms with Crippen molar-refractivity contribution in [2.24, 2.45) is 0 Å². The summed E-state index contributed by atoms with van der Waals surface area (Å²) in [6.07, 6.45) is 5.02. The number of hydrogen-bond acceptors (Lipinski definition) is 6. The van der Waals surface area contributed by atoms with Crippen molar-refractivity contribution in [2.45, 2.75) is 52.1 Å². The molecule has 2 aromatic rings. The van der Waals surface area contributed by atoms with Crippen LogP contribution >= 0.6 is 0 Å². The summed E-state index contributed by atoms with van der Waals surface area (Å²) in [5.74, 6) is 0.378. The van der Waals surface area contributed by atoms with E-state index in [4.69, 9.17) is 9.47 Å². The SMILES string of the molecule is CC(=O)N1CCCCCCCN(C(=O)c2ccc3c(c2)N(C)C(=O)CO3)Cc2ccc(CN3CCOCC3)cc21. The van der Waals surface area contributed by atoms with Crippen molar-refractivity contribution in [1.82, 2.24) is 9.80 Å². The third kappa shape index (κ3) is 6.47. The second kappa shape index (κ2) is 12.8. The van der Waals surface area contributed by atoms with Gasteiger partial charge in [0, 0.05) is 64.5 Å². The highest BCUT2D eigenvalue weighted by molar-refractivity contribution is 6.01. The highest BCUT2D eigenvalue weighted by Crippen LogP contribution is 2.33. The zero-order valence-electron chi connectivity index (χ0n) is 23.7. The normalized spacial score (nSPS) is 19.1. The molecule has 0 atom stereocenters. The van der Waals surface area contributed by atoms with Crippen LogP contribution < -0.4 is 14.5 Å². The lowest BCUT2D eigenvalue weighted by Gasteiger charge is -2.31. The number of carbonyl (C=O) groups excluding carboxylic acids is 3. The fraction of sp³-hybridized carbons (Fsp3) is 0.516. The first kappa shape index (κ1) is 28.1. The zero-order chi connectivity index (χ0) is 28.1. The van der Waals surface area contributed by atoms with Gasteiger partial charge in [-0.1, -0.05) is 31.4 Å². The van der Waals surface area contributed by atoms with E-state index in [9.17, 15) is 14.4 Å². The van der Waals surface area contributed by atoms with Crippen LogP contribution in [-0.2, 0) is 27.4 Å². The fourth-order valence-corrected chi connectivity index (χ4v) is 5.71. The predicted octanol–water partition coefficient (Wildman–Crippen LogP) is 3.83. The summed E-state index contributed by atoms with van der Waals surface area (Å²) in [6, 6.07) is 11.6. The Labute approximate surface area is 236 Å². The molecule has 0 aromatic heterocycles. The van der Waals surface area contributed by atoms with Crippen molar-refractivity contribution in [3.05, 3.63) is 53.1 Å². The van der Waals surface area contributed by atoms with Gasteiger partial charge in [0.05, 0.1) is 18.9 Å². The van der Waals surface area contributed by atoms with Crippen LogP contribution in [0.4, 0.5) is 11.4 Å². The number of fused-ring (bicyclic) bond motifs is 2. The molecule has 9 nitrogen and oxygen atoms in total. The summed E-state index contributed by atoms with van der Waals surface area (Å²) >= 11 is 0. The van der Waals surface area contributed by atoms with E-state index in [1.165, 1.54) is 0 Å². The molecule has 3 aliphatic heterocycles. The van der Waals surface area contributed by atoms with E-state index in [1.54, 1.807) is 37.1 Å². The van der Waals surface area contributed by atoms with Crippen LogP contribution in [0.25, 0.3) is 0 Å². The molecule has 1 fully saturated rings. The second-order valence-corrected chi connectivity index (χ2v) is 10.9. The molecule has 0 N–H and O–H groups in total. The molecular weight excluding hydrogens is 508 g/mol. The number of nitrogens with zero attached hydrogens (tertiary/aromatic N) is 4. The molecule has 0 saturated carbocycles. The Morgan fingerprint density at radius 1 is 0.875 bits per heavy atom. The number of anilines is 2. The van der Waals surface area contributed by atoms with Crippen molar-refractivity contribution in [3.63, 3.8) is 0 Å². The van der Waals surface area contributed by atoms with Crippen LogP contribution in [0.3, 0.4) is 0 Å². The molecule has 2 aromatic carbocycles. The summed E-state index contributed by atoms with van der Waals surface area (Å²) in [5.41, 5.74) is 4.13. The lowest BCUT2D eigenvalue weighted by molar-refractivity contribution is -0.121. The lowest BCUT2D eigenvalue weighted by atomic mass is 10.0. The maximum Gasteiger partial charge on any atom is 0.264 e. The van der Waals surface area contributed by atoms with E-state index in [0.29, 0.717) is 36.6 Å². The number of amides is 3. The van der Waals surface area contributed by atoms with Crippen LogP contribution in [0.5, 0.6) is 5.75 Å². The number of likely N-dealkylation sites (N-methyl/N-ethyl adjacent to an activating group) is 1. The lowest BCUT2D eigenvalue weighted by Crippen LogP contribution is -2.37. The van der Waals surface area contributed by atoms with E-state index in [-0.39, 0.29) is 24.3 Å². The molecule has 9 heteroatoms. The third-order valence-electron chi connectivity index (χ3n) is 8.08. The largest absolute Gasteiger partial charge is 0.482 e. The number of hydrogen-bond donors (Lipinski definition) is 0. The average molecular weight is 549 g/mol. The molecule has 3 heterocycles. The van der Waals surface area contributed by atoms with Gasteiger partial charge in [-0.3, -0.25) is 19.3 Å². The van der Waals surface area contributed by atoms with Gasteiger partial charge in [-0.15, -0.1) is 0 Å². The Balaban J connectivity index is 1.46. The van der Waals surface area contributed by atoms with Gasteiger partial charge in [-0.05, 0) is 48.2 Å². The minimum absolute atomic E-state index is 0.000122. The monoisotopic (exact) mass is 548 g/mol. The van der Waals surface area contributed by atoms with Gasteiger partial charge >= 0.3 is 0 Å². The van der Waals surface area contributed by atoms with Gasteiger partial charge in [-0.2, -0.15) is 0 Å². The van der Waals surface area contributed by atoms with E-state index < -0.39 is 0 Å². The van der Waals surface area contributed by atoms with Gasteiger partial charge in [0.15, 0.2) is 6.61 Å². The minimum Gasteiger partial charge on any atom is -0.482 e. The number of carbonyl (C=O) groups is 3. The average Bonchev–Trinajstić information content (AvgIpc) is 2.95.